The monoisotopic (exact) mass is 257 g/mol. The molecule has 1 aromatic rings. The number of aryl methyl sites for hydroxylation is 1. The normalized spacial score (nSPS) is 13.4. The summed E-state index contributed by atoms with van der Waals surface area (Å²) in [6.07, 6.45) is 1.19. The molecular formula is C12H19NO3S. The van der Waals surface area contributed by atoms with Crippen molar-refractivity contribution in [2.24, 2.45) is 5.73 Å². The number of sulfone groups is 1. The first kappa shape index (κ1) is 14.0. The van der Waals surface area contributed by atoms with E-state index in [0.29, 0.717) is 5.75 Å². The van der Waals surface area contributed by atoms with Crippen molar-refractivity contribution in [2.75, 3.05) is 18.6 Å². The number of nitrogens with two attached hydrogens (primary N) is 1. The number of rotatable bonds is 5. The first-order valence-electron chi connectivity index (χ1n) is 5.46. The van der Waals surface area contributed by atoms with E-state index in [1.54, 1.807) is 0 Å². The minimum Gasteiger partial charge on any atom is -0.492 e. The van der Waals surface area contributed by atoms with Crippen molar-refractivity contribution in [1.29, 1.82) is 0 Å². The molecule has 0 spiro atoms. The molecule has 0 heterocycles. The zero-order chi connectivity index (χ0) is 13.1. The van der Waals surface area contributed by atoms with Crippen molar-refractivity contribution in [3.05, 3.63) is 29.3 Å². The molecular weight excluding hydrogens is 238 g/mol. The molecule has 2 N–H and O–H groups in total. The van der Waals surface area contributed by atoms with E-state index in [-0.39, 0.29) is 18.4 Å². The Labute approximate surface area is 103 Å². The molecule has 0 aliphatic heterocycles. The van der Waals surface area contributed by atoms with E-state index in [0.717, 1.165) is 11.1 Å². The summed E-state index contributed by atoms with van der Waals surface area (Å²) in [6, 6.07) is 5.61. The van der Waals surface area contributed by atoms with Crippen molar-refractivity contribution in [2.45, 2.75) is 19.9 Å². The van der Waals surface area contributed by atoms with Crippen molar-refractivity contribution in [1.82, 2.24) is 0 Å². The van der Waals surface area contributed by atoms with Gasteiger partial charge in [-0.05, 0) is 25.5 Å². The summed E-state index contributed by atoms with van der Waals surface area (Å²) in [7, 11) is -2.99. The topological polar surface area (TPSA) is 69.4 Å². The summed E-state index contributed by atoms with van der Waals surface area (Å²) in [4.78, 5) is 0. The lowest BCUT2D eigenvalue weighted by atomic mass is 10.1. The summed E-state index contributed by atoms with van der Waals surface area (Å²) in [5, 5.41) is 0. The van der Waals surface area contributed by atoms with Crippen LogP contribution < -0.4 is 10.5 Å². The Morgan fingerprint density at radius 2 is 2.06 bits per heavy atom. The second-order valence-electron chi connectivity index (χ2n) is 4.31. The lowest BCUT2D eigenvalue weighted by Crippen LogP contribution is -2.14. The molecule has 4 nitrogen and oxygen atoms in total. The molecule has 0 radical (unpaired) electrons. The summed E-state index contributed by atoms with van der Waals surface area (Å²) < 4.78 is 27.5. The average Bonchev–Trinajstić information content (AvgIpc) is 2.15. The number of hydrogen-bond donors (Lipinski definition) is 1. The van der Waals surface area contributed by atoms with Gasteiger partial charge in [0.1, 0.15) is 12.4 Å². The lowest BCUT2D eigenvalue weighted by Gasteiger charge is -2.14. The molecule has 1 unspecified atom stereocenters. The predicted octanol–water partition coefficient (Wildman–Crippen LogP) is 1.44. The third-order valence-electron chi connectivity index (χ3n) is 2.37. The molecule has 0 fully saturated rings. The van der Waals surface area contributed by atoms with Crippen LogP contribution in [-0.4, -0.2) is 27.0 Å². The van der Waals surface area contributed by atoms with Gasteiger partial charge in [0.2, 0.25) is 0 Å². The fourth-order valence-corrected chi connectivity index (χ4v) is 1.83. The minimum absolute atomic E-state index is 0.0132. The Morgan fingerprint density at radius 3 is 2.59 bits per heavy atom. The maximum Gasteiger partial charge on any atom is 0.150 e. The molecule has 0 saturated heterocycles. The van der Waals surface area contributed by atoms with E-state index in [4.69, 9.17) is 10.5 Å². The Hall–Kier alpha value is -1.07. The van der Waals surface area contributed by atoms with Crippen LogP contribution in [0.1, 0.15) is 24.1 Å². The van der Waals surface area contributed by atoms with Gasteiger partial charge in [-0.15, -0.1) is 0 Å². The molecule has 0 bridgehead atoms. The van der Waals surface area contributed by atoms with E-state index >= 15 is 0 Å². The fraction of sp³-hybridized carbons (Fsp3) is 0.500. The maximum absolute atomic E-state index is 11.0. The standard InChI is InChI=1S/C12H19NO3S/c1-9-4-5-11(10(2)13)12(8-9)16-6-7-17(3,14)15/h4-5,8,10H,6-7,13H2,1-3H3. The molecule has 0 amide bonds. The zero-order valence-electron chi connectivity index (χ0n) is 10.4. The quantitative estimate of drug-likeness (QED) is 0.866. The van der Waals surface area contributed by atoms with E-state index in [2.05, 4.69) is 0 Å². The van der Waals surface area contributed by atoms with Gasteiger partial charge in [-0.25, -0.2) is 8.42 Å². The lowest BCUT2D eigenvalue weighted by molar-refractivity contribution is 0.335. The molecule has 0 aromatic heterocycles. The molecule has 17 heavy (non-hydrogen) atoms. The summed E-state index contributed by atoms with van der Waals surface area (Å²) in [6.45, 7) is 3.98. The first-order chi connectivity index (χ1) is 7.79. The predicted molar refractivity (Wildman–Crippen MR) is 69.0 cm³/mol. The molecule has 1 aromatic carbocycles. The first-order valence-corrected chi connectivity index (χ1v) is 7.52. The highest BCUT2D eigenvalue weighted by molar-refractivity contribution is 7.90. The second kappa shape index (κ2) is 5.51. The van der Waals surface area contributed by atoms with Crippen LogP contribution >= 0.6 is 0 Å². The SMILES string of the molecule is Cc1ccc(C(C)N)c(OCCS(C)(=O)=O)c1. The number of hydrogen-bond acceptors (Lipinski definition) is 4. The molecule has 0 aliphatic carbocycles. The van der Waals surface area contributed by atoms with Gasteiger partial charge in [0.15, 0.2) is 9.84 Å². The maximum atomic E-state index is 11.0. The molecule has 1 atom stereocenters. The van der Waals surface area contributed by atoms with Crippen molar-refractivity contribution < 1.29 is 13.2 Å². The highest BCUT2D eigenvalue weighted by Gasteiger charge is 2.09. The third kappa shape index (κ3) is 4.75. The van der Waals surface area contributed by atoms with E-state index < -0.39 is 9.84 Å². The Kier molecular flexibility index (Phi) is 4.54. The van der Waals surface area contributed by atoms with E-state index in [9.17, 15) is 8.42 Å². The van der Waals surface area contributed by atoms with Crippen LogP contribution in [0.4, 0.5) is 0 Å². The number of ether oxygens (including phenoxy) is 1. The average molecular weight is 257 g/mol. The molecule has 1 rings (SSSR count). The smallest absolute Gasteiger partial charge is 0.150 e. The van der Waals surface area contributed by atoms with E-state index in [1.165, 1.54) is 6.26 Å². The van der Waals surface area contributed by atoms with Gasteiger partial charge < -0.3 is 10.5 Å². The second-order valence-corrected chi connectivity index (χ2v) is 6.57. The Balaban J connectivity index is 2.79. The van der Waals surface area contributed by atoms with Crippen LogP contribution in [-0.2, 0) is 9.84 Å². The Morgan fingerprint density at radius 1 is 1.41 bits per heavy atom. The van der Waals surface area contributed by atoms with Crippen LogP contribution in [0, 0.1) is 6.92 Å². The van der Waals surface area contributed by atoms with Crippen molar-refractivity contribution in [3.8, 4) is 5.75 Å². The van der Waals surface area contributed by atoms with Gasteiger partial charge in [-0.2, -0.15) is 0 Å². The fourth-order valence-electron chi connectivity index (χ4n) is 1.45. The van der Waals surface area contributed by atoms with Gasteiger partial charge >= 0.3 is 0 Å². The molecule has 5 heteroatoms. The minimum atomic E-state index is -2.99. The van der Waals surface area contributed by atoms with Crippen LogP contribution in [0.15, 0.2) is 18.2 Å². The third-order valence-corrected chi connectivity index (χ3v) is 3.28. The number of benzene rings is 1. The summed E-state index contributed by atoms with van der Waals surface area (Å²) in [5.74, 6) is 0.683. The van der Waals surface area contributed by atoms with Gasteiger partial charge in [0, 0.05) is 17.9 Å². The van der Waals surface area contributed by atoms with E-state index in [1.807, 2.05) is 32.0 Å². The zero-order valence-corrected chi connectivity index (χ0v) is 11.3. The van der Waals surface area contributed by atoms with Gasteiger partial charge in [0.25, 0.3) is 0 Å². The highest BCUT2D eigenvalue weighted by Crippen LogP contribution is 2.25. The van der Waals surface area contributed by atoms with Crippen LogP contribution in [0.25, 0.3) is 0 Å². The largest absolute Gasteiger partial charge is 0.492 e. The molecule has 96 valence electrons. The van der Waals surface area contributed by atoms with Crippen LogP contribution in [0.5, 0.6) is 5.75 Å². The molecule has 0 aliphatic rings. The van der Waals surface area contributed by atoms with Gasteiger partial charge in [0.05, 0.1) is 5.75 Å². The van der Waals surface area contributed by atoms with Gasteiger partial charge in [-0.1, -0.05) is 12.1 Å². The highest BCUT2D eigenvalue weighted by atomic mass is 32.2. The van der Waals surface area contributed by atoms with Crippen molar-refractivity contribution >= 4 is 9.84 Å². The Bertz CT molecular complexity index is 481. The summed E-state index contributed by atoms with van der Waals surface area (Å²) in [5.41, 5.74) is 7.78. The van der Waals surface area contributed by atoms with Crippen LogP contribution in [0.2, 0.25) is 0 Å². The van der Waals surface area contributed by atoms with Crippen molar-refractivity contribution in [3.63, 3.8) is 0 Å². The molecule has 0 saturated carbocycles. The summed E-state index contributed by atoms with van der Waals surface area (Å²) >= 11 is 0. The van der Waals surface area contributed by atoms with Crippen LogP contribution in [0.3, 0.4) is 0 Å². The van der Waals surface area contributed by atoms with Gasteiger partial charge in [-0.3, -0.25) is 0 Å².